The number of anilines is 2. The molecule has 2 heterocycles. The third-order valence-electron chi connectivity index (χ3n) is 8.22. The van der Waals surface area contributed by atoms with Crippen molar-refractivity contribution in [1.82, 2.24) is 10.3 Å². The molecule has 0 radical (unpaired) electrons. The molecule has 45 heavy (non-hydrogen) atoms. The van der Waals surface area contributed by atoms with Gasteiger partial charge in [-0.15, -0.1) is 0 Å². The molecule has 0 bridgehead atoms. The topological polar surface area (TPSA) is 184 Å². The third-order valence-corrected chi connectivity index (χ3v) is 10.9. The van der Waals surface area contributed by atoms with Gasteiger partial charge >= 0.3 is 0 Å². The van der Waals surface area contributed by atoms with E-state index in [0.717, 1.165) is 36.4 Å². The van der Waals surface area contributed by atoms with E-state index in [4.69, 9.17) is 5.14 Å². The van der Waals surface area contributed by atoms with Gasteiger partial charge in [0, 0.05) is 17.9 Å². The van der Waals surface area contributed by atoms with Crippen LogP contribution in [0, 0.1) is 18.3 Å². The van der Waals surface area contributed by atoms with Crippen molar-refractivity contribution < 1.29 is 26.4 Å². The molecular weight excluding hydrogens is 617 g/mol. The molecule has 236 valence electrons. The summed E-state index contributed by atoms with van der Waals surface area (Å²) < 4.78 is 52.4. The van der Waals surface area contributed by atoms with E-state index in [1.165, 1.54) is 47.5 Å². The van der Waals surface area contributed by atoms with Gasteiger partial charge in [0.25, 0.3) is 5.91 Å². The first-order valence-electron chi connectivity index (χ1n) is 14.6. The number of nitrogens with one attached hydrogen (secondary N) is 1. The molecule has 2 atom stereocenters. The van der Waals surface area contributed by atoms with Crippen molar-refractivity contribution in [2.75, 3.05) is 15.0 Å². The lowest BCUT2D eigenvalue weighted by Gasteiger charge is -2.36. The van der Waals surface area contributed by atoms with Crippen molar-refractivity contribution in [3.8, 4) is 6.07 Å². The highest BCUT2D eigenvalue weighted by molar-refractivity contribution is 7.93. The number of amides is 2. The lowest BCUT2D eigenvalue weighted by Crippen LogP contribution is -2.53. The summed E-state index contributed by atoms with van der Waals surface area (Å²) in [5, 5.41) is 18.0. The second-order valence-corrected chi connectivity index (χ2v) is 14.8. The summed E-state index contributed by atoms with van der Waals surface area (Å²) in [6.07, 6.45) is 5.66. The maximum absolute atomic E-state index is 14.8. The molecule has 0 spiro atoms. The number of aryl methyl sites for hydroxylation is 1. The van der Waals surface area contributed by atoms with Crippen molar-refractivity contribution in [2.45, 2.75) is 68.5 Å². The van der Waals surface area contributed by atoms with Crippen molar-refractivity contribution in [2.24, 2.45) is 5.14 Å². The fraction of sp³-hybridized carbons (Fsp3) is 0.355. The lowest BCUT2D eigenvalue weighted by atomic mass is 9.93. The predicted octanol–water partition coefficient (Wildman–Crippen LogP) is 3.04. The molecule has 1 aliphatic heterocycles. The van der Waals surface area contributed by atoms with Crippen LogP contribution in [-0.4, -0.2) is 51.5 Å². The maximum atomic E-state index is 14.8. The molecule has 3 N–H and O–H groups in total. The number of benzene rings is 2. The average Bonchev–Trinajstić information content (AvgIpc) is 3.34. The molecule has 14 heteroatoms. The first-order valence-corrected chi connectivity index (χ1v) is 17.8. The minimum Gasteiger partial charge on any atom is -0.351 e. The van der Waals surface area contributed by atoms with Crippen molar-refractivity contribution in [3.63, 3.8) is 0 Å². The molecule has 12 nitrogen and oxygen atoms in total. The van der Waals surface area contributed by atoms with Crippen LogP contribution in [0.4, 0.5) is 11.5 Å². The first kappa shape index (κ1) is 32.1. The minimum atomic E-state index is -4.21. The number of nitriles is 1. The summed E-state index contributed by atoms with van der Waals surface area (Å²) in [7, 11) is -8.26. The number of primary sulfonamides is 1. The number of pyridine rings is 1. The molecule has 2 aromatic carbocycles. The number of carbonyl (C=O) groups excluding carboxylic acids is 2. The SMILES string of the molecule is Cc1ccccc1C(C(=O)NC1CCCCC1)N(C(=O)[C@@H]1CCS(=O)(=O)N1c1cc(C#N)ccn1)c1cccc(S(N)(=O)=O)c1. The Morgan fingerprint density at radius 3 is 2.49 bits per heavy atom. The molecule has 3 aromatic rings. The molecule has 1 unspecified atom stereocenters. The van der Waals surface area contributed by atoms with Crippen LogP contribution in [0.15, 0.2) is 71.8 Å². The second-order valence-electron chi connectivity index (χ2n) is 11.3. The van der Waals surface area contributed by atoms with Crippen LogP contribution < -0.4 is 19.7 Å². The van der Waals surface area contributed by atoms with Crippen LogP contribution >= 0.6 is 0 Å². The summed E-state index contributed by atoms with van der Waals surface area (Å²) in [6.45, 7) is 1.79. The van der Waals surface area contributed by atoms with E-state index in [-0.39, 0.29) is 40.2 Å². The number of sulfonamides is 2. The number of nitrogens with zero attached hydrogens (tertiary/aromatic N) is 4. The van der Waals surface area contributed by atoms with Gasteiger partial charge in [-0.1, -0.05) is 49.6 Å². The van der Waals surface area contributed by atoms with Gasteiger partial charge in [-0.3, -0.25) is 14.5 Å². The Balaban J connectivity index is 1.69. The Morgan fingerprint density at radius 1 is 1.07 bits per heavy atom. The zero-order valence-corrected chi connectivity index (χ0v) is 26.3. The van der Waals surface area contributed by atoms with Gasteiger partial charge in [-0.2, -0.15) is 5.26 Å². The van der Waals surface area contributed by atoms with Crippen LogP contribution in [0.5, 0.6) is 0 Å². The van der Waals surface area contributed by atoms with E-state index in [1.54, 1.807) is 31.2 Å². The number of aromatic nitrogens is 1. The zero-order valence-electron chi connectivity index (χ0n) is 24.7. The van der Waals surface area contributed by atoms with E-state index >= 15 is 0 Å². The van der Waals surface area contributed by atoms with E-state index in [1.807, 2.05) is 6.07 Å². The number of hydrogen-bond donors (Lipinski definition) is 2. The average molecular weight is 651 g/mol. The molecule has 2 fully saturated rings. The van der Waals surface area contributed by atoms with Crippen LogP contribution in [0.25, 0.3) is 0 Å². The fourth-order valence-electron chi connectivity index (χ4n) is 6.00. The lowest BCUT2D eigenvalue weighted by molar-refractivity contribution is -0.127. The smallest absolute Gasteiger partial charge is 0.252 e. The van der Waals surface area contributed by atoms with Gasteiger partial charge < -0.3 is 5.32 Å². The van der Waals surface area contributed by atoms with E-state index in [9.17, 15) is 31.7 Å². The third kappa shape index (κ3) is 6.85. The normalized spacial score (nSPS) is 19.0. The summed E-state index contributed by atoms with van der Waals surface area (Å²) >= 11 is 0. The molecule has 2 amide bonds. The number of carbonyl (C=O) groups is 2. The highest BCUT2D eigenvalue weighted by Crippen LogP contribution is 2.36. The van der Waals surface area contributed by atoms with Crippen molar-refractivity contribution in [3.05, 3.63) is 83.6 Å². The monoisotopic (exact) mass is 650 g/mol. The molecule has 5 rings (SSSR count). The number of hydrogen-bond acceptors (Lipinski definition) is 8. The van der Waals surface area contributed by atoms with Gasteiger partial charge in [0.05, 0.1) is 22.3 Å². The molecule has 1 saturated carbocycles. The van der Waals surface area contributed by atoms with Crippen molar-refractivity contribution in [1.29, 1.82) is 5.26 Å². The van der Waals surface area contributed by atoms with E-state index < -0.39 is 43.9 Å². The van der Waals surface area contributed by atoms with Crippen LogP contribution in [0.3, 0.4) is 0 Å². The van der Waals surface area contributed by atoms with Gasteiger partial charge in [-0.25, -0.2) is 31.3 Å². The minimum absolute atomic E-state index is 0.0431. The Morgan fingerprint density at radius 2 is 1.80 bits per heavy atom. The largest absolute Gasteiger partial charge is 0.351 e. The van der Waals surface area contributed by atoms with Gasteiger partial charge in [0.1, 0.15) is 17.9 Å². The van der Waals surface area contributed by atoms with E-state index in [0.29, 0.717) is 11.1 Å². The Kier molecular flexibility index (Phi) is 9.24. The molecule has 1 saturated heterocycles. The highest BCUT2D eigenvalue weighted by atomic mass is 32.2. The molecule has 2 aliphatic rings. The van der Waals surface area contributed by atoms with Gasteiger partial charge in [0.2, 0.25) is 26.0 Å². The summed E-state index contributed by atoms with van der Waals surface area (Å²) in [4.78, 5) is 34.2. The van der Waals surface area contributed by atoms with Gasteiger partial charge in [-0.05, 0) is 67.6 Å². The highest BCUT2D eigenvalue weighted by Gasteiger charge is 2.47. The van der Waals surface area contributed by atoms with Crippen molar-refractivity contribution >= 4 is 43.4 Å². The fourth-order valence-corrected chi connectivity index (χ4v) is 8.24. The standard InChI is InChI=1S/C31H34N6O6S2/c1-21-8-5-6-13-26(21)29(30(38)35-23-9-3-2-4-10-23)36(24-11-7-12-25(19-24)45(33,42)43)31(39)27-15-17-44(40,41)37(27)28-18-22(20-32)14-16-34-28/h5-8,11-14,16,18-19,23,27,29H,2-4,9-10,15,17H2,1H3,(H,35,38)(H2,33,42,43)/t27-,29?/m0/s1. The summed E-state index contributed by atoms with van der Waals surface area (Å²) in [5.74, 6) is -1.74. The van der Waals surface area contributed by atoms with E-state index in [2.05, 4.69) is 10.3 Å². The van der Waals surface area contributed by atoms with Crippen LogP contribution in [0.2, 0.25) is 0 Å². The Bertz CT molecular complexity index is 1870. The Labute approximate surface area is 263 Å². The summed E-state index contributed by atoms with van der Waals surface area (Å²) in [5.41, 5.74) is 1.37. The first-order chi connectivity index (χ1) is 21.4. The Hall–Kier alpha value is -4.32. The summed E-state index contributed by atoms with van der Waals surface area (Å²) in [6, 6.07) is 14.3. The quantitative estimate of drug-likeness (QED) is 0.373. The zero-order chi connectivity index (χ0) is 32.4. The number of rotatable bonds is 8. The molecule has 1 aromatic heterocycles. The predicted molar refractivity (Wildman–Crippen MR) is 168 cm³/mol. The van der Waals surface area contributed by atoms with Crippen LogP contribution in [0.1, 0.15) is 61.3 Å². The van der Waals surface area contributed by atoms with Gasteiger partial charge in [0.15, 0.2) is 0 Å². The molecular formula is C31H34N6O6S2. The number of nitrogens with two attached hydrogens (primary N) is 1. The maximum Gasteiger partial charge on any atom is 0.252 e. The second kappa shape index (κ2) is 13.0. The van der Waals surface area contributed by atoms with Crippen LogP contribution in [-0.2, 0) is 29.6 Å². The molecule has 1 aliphatic carbocycles.